The second-order valence-electron chi connectivity index (χ2n) is 7.92. The van der Waals surface area contributed by atoms with Crippen molar-refractivity contribution in [2.45, 2.75) is 5.54 Å². The number of rotatable bonds is 5. The van der Waals surface area contributed by atoms with Crippen LogP contribution in [0.15, 0.2) is 70.8 Å². The Labute approximate surface area is 200 Å². The van der Waals surface area contributed by atoms with Crippen molar-refractivity contribution in [2.24, 2.45) is 15.7 Å². The van der Waals surface area contributed by atoms with Gasteiger partial charge in [0.15, 0.2) is 11.5 Å². The number of aromatic nitrogens is 1. The summed E-state index contributed by atoms with van der Waals surface area (Å²) >= 11 is 6.06. The second-order valence-corrected chi connectivity index (χ2v) is 9.93. The summed E-state index contributed by atoms with van der Waals surface area (Å²) in [5.41, 5.74) is 7.38. The summed E-state index contributed by atoms with van der Waals surface area (Å²) in [5, 5.41) is 0.312. The molecule has 0 radical (unpaired) electrons. The predicted molar refractivity (Wildman–Crippen MR) is 128 cm³/mol. The minimum atomic E-state index is -3.68. The van der Waals surface area contributed by atoms with E-state index in [1.54, 1.807) is 42.5 Å². The SMILES string of the molecule is CS(=O)(=O)Oc1ccc(C2(c3cccc(-c4cc(Cl)cnc4F)c3)N=C(N)N3CCN=C32)cc1. The van der Waals surface area contributed by atoms with Gasteiger partial charge in [0.25, 0.3) is 0 Å². The molecule has 0 aliphatic carbocycles. The van der Waals surface area contributed by atoms with Crippen LogP contribution in [0.3, 0.4) is 0 Å². The topological polar surface area (TPSA) is 110 Å². The Hall–Kier alpha value is -3.50. The fraction of sp³-hybridized carbons (Fsp3) is 0.174. The summed E-state index contributed by atoms with van der Waals surface area (Å²) in [7, 11) is -3.68. The first kappa shape index (κ1) is 22.3. The van der Waals surface area contributed by atoms with Crippen LogP contribution < -0.4 is 9.92 Å². The highest BCUT2D eigenvalue weighted by atomic mass is 35.5. The van der Waals surface area contributed by atoms with Gasteiger partial charge in [0.1, 0.15) is 11.6 Å². The third-order valence-electron chi connectivity index (χ3n) is 5.64. The number of hydrogen-bond acceptors (Lipinski definition) is 8. The van der Waals surface area contributed by atoms with Gasteiger partial charge in [-0.05, 0) is 41.0 Å². The Bertz CT molecular complexity index is 1460. The van der Waals surface area contributed by atoms with Crippen molar-refractivity contribution in [3.05, 3.63) is 82.9 Å². The average molecular weight is 500 g/mol. The molecule has 3 aromatic rings. The van der Waals surface area contributed by atoms with E-state index in [1.165, 1.54) is 12.3 Å². The van der Waals surface area contributed by atoms with E-state index in [9.17, 15) is 12.8 Å². The first-order valence-corrected chi connectivity index (χ1v) is 12.5. The van der Waals surface area contributed by atoms with Crippen molar-refractivity contribution in [1.29, 1.82) is 0 Å². The van der Waals surface area contributed by atoms with Gasteiger partial charge >= 0.3 is 10.1 Å². The van der Waals surface area contributed by atoms with Crippen LogP contribution in [-0.2, 0) is 15.7 Å². The summed E-state index contributed by atoms with van der Waals surface area (Å²) in [6.07, 6.45) is 2.23. The van der Waals surface area contributed by atoms with E-state index in [2.05, 4.69) is 9.98 Å². The Morgan fingerprint density at radius 1 is 1.15 bits per heavy atom. The number of aliphatic imine (C=N–C) groups is 2. The quantitative estimate of drug-likeness (QED) is 0.426. The van der Waals surface area contributed by atoms with Gasteiger partial charge in [-0.25, -0.2) is 9.98 Å². The number of amidine groups is 1. The Morgan fingerprint density at radius 3 is 2.65 bits per heavy atom. The van der Waals surface area contributed by atoms with Crippen molar-refractivity contribution >= 4 is 33.5 Å². The monoisotopic (exact) mass is 499 g/mol. The zero-order chi connectivity index (χ0) is 24.1. The summed E-state index contributed by atoms with van der Waals surface area (Å²) in [4.78, 5) is 15.1. The van der Waals surface area contributed by atoms with Crippen molar-refractivity contribution in [3.8, 4) is 16.9 Å². The third kappa shape index (κ3) is 3.78. The van der Waals surface area contributed by atoms with Crippen LogP contribution in [0, 0.1) is 5.95 Å². The number of halogens is 2. The molecule has 1 unspecified atom stereocenters. The molecule has 0 bridgehead atoms. The normalized spacial score (nSPS) is 19.6. The molecule has 1 aromatic heterocycles. The highest BCUT2D eigenvalue weighted by Crippen LogP contribution is 2.43. The molecule has 2 N–H and O–H groups in total. The summed E-state index contributed by atoms with van der Waals surface area (Å²) in [5.74, 6) is 0.479. The largest absolute Gasteiger partial charge is 0.383 e. The molecule has 0 fully saturated rings. The Morgan fingerprint density at radius 2 is 1.91 bits per heavy atom. The Balaban J connectivity index is 1.68. The lowest BCUT2D eigenvalue weighted by Crippen LogP contribution is -2.41. The van der Waals surface area contributed by atoms with Crippen molar-refractivity contribution in [1.82, 2.24) is 9.88 Å². The van der Waals surface area contributed by atoms with Crippen LogP contribution in [-0.4, -0.2) is 49.4 Å². The molecule has 0 amide bonds. The molecule has 11 heteroatoms. The van der Waals surface area contributed by atoms with Gasteiger partial charge < -0.3 is 9.92 Å². The first-order valence-electron chi connectivity index (χ1n) is 10.3. The maximum Gasteiger partial charge on any atom is 0.306 e. The summed E-state index contributed by atoms with van der Waals surface area (Å²) in [6.45, 7) is 1.14. The molecule has 2 aromatic carbocycles. The highest BCUT2D eigenvalue weighted by Gasteiger charge is 2.50. The van der Waals surface area contributed by atoms with Gasteiger partial charge in [-0.3, -0.25) is 9.89 Å². The summed E-state index contributed by atoms with van der Waals surface area (Å²) < 4.78 is 42.5. The van der Waals surface area contributed by atoms with E-state index in [0.717, 1.165) is 6.26 Å². The number of nitrogens with zero attached hydrogens (tertiary/aromatic N) is 4. The lowest BCUT2D eigenvalue weighted by atomic mass is 9.81. The number of nitrogens with two attached hydrogens (primary N) is 1. The highest BCUT2D eigenvalue weighted by molar-refractivity contribution is 7.86. The maximum absolute atomic E-state index is 14.5. The van der Waals surface area contributed by atoms with Gasteiger partial charge in [0.05, 0.1) is 17.8 Å². The molecule has 34 heavy (non-hydrogen) atoms. The minimum Gasteiger partial charge on any atom is -0.383 e. The molecule has 5 rings (SSSR count). The lowest BCUT2D eigenvalue weighted by molar-refractivity contribution is 0.492. The molecule has 0 spiro atoms. The summed E-state index contributed by atoms with van der Waals surface area (Å²) in [6, 6.07) is 15.3. The molecule has 2 aliphatic heterocycles. The van der Waals surface area contributed by atoms with Gasteiger partial charge in [0.2, 0.25) is 5.95 Å². The molecular formula is C23H19ClFN5O3S. The smallest absolute Gasteiger partial charge is 0.306 e. The van der Waals surface area contributed by atoms with Crippen LogP contribution >= 0.6 is 11.6 Å². The fourth-order valence-corrected chi connectivity index (χ4v) is 4.90. The minimum absolute atomic E-state index is 0.169. The molecule has 8 nitrogen and oxygen atoms in total. The van der Waals surface area contributed by atoms with Crippen molar-refractivity contribution < 1.29 is 17.0 Å². The first-order chi connectivity index (χ1) is 16.2. The van der Waals surface area contributed by atoms with Crippen molar-refractivity contribution in [2.75, 3.05) is 19.3 Å². The molecule has 1 atom stereocenters. The molecular weight excluding hydrogens is 481 g/mol. The molecule has 2 aliphatic rings. The Kier molecular flexibility index (Phi) is 5.29. The van der Waals surface area contributed by atoms with E-state index in [4.69, 9.17) is 26.5 Å². The molecule has 0 saturated carbocycles. The van der Waals surface area contributed by atoms with E-state index in [-0.39, 0.29) is 11.3 Å². The molecule has 3 heterocycles. The number of pyridine rings is 1. The van der Waals surface area contributed by atoms with E-state index in [1.807, 2.05) is 11.0 Å². The van der Waals surface area contributed by atoms with Crippen molar-refractivity contribution in [3.63, 3.8) is 0 Å². The molecule has 174 valence electrons. The third-order valence-corrected chi connectivity index (χ3v) is 6.34. The van der Waals surface area contributed by atoms with Crippen LogP contribution in [0.2, 0.25) is 5.02 Å². The second kappa shape index (κ2) is 8.07. The number of benzene rings is 2. The van der Waals surface area contributed by atoms with Gasteiger partial charge in [0, 0.05) is 18.3 Å². The zero-order valence-corrected chi connectivity index (χ0v) is 19.5. The molecule has 0 saturated heterocycles. The van der Waals surface area contributed by atoms with Gasteiger partial charge in [-0.1, -0.05) is 41.9 Å². The predicted octanol–water partition coefficient (Wildman–Crippen LogP) is 3.17. The van der Waals surface area contributed by atoms with Crippen LogP contribution in [0.1, 0.15) is 11.1 Å². The fourth-order valence-electron chi connectivity index (χ4n) is 4.28. The van der Waals surface area contributed by atoms with E-state index < -0.39 is 21.6 Å². The van der Waals surface area contributed by atoms with Crippen LogP contribution in [0.25, 0.3) is 11.1 Å². The number of fused-ring (bicyclic) bond motifs is 1. The maximum atomic E-state index is 14.5. The van der Waals surface area contributed by atoms with E-state index in [0.29, 0.717) is 46.6 Å². The number of guanidine groups is 1. The standard InChI is InChI=1S/C23H19ClFN5O3S/c1-34(31,32)33-18-7-5-15(6-8-18)23(21-27-9-10-30(21)22(26)29-23)16-4-2-3-14(11-16)19-12-17(24)13-28-20(19)25/h2-8,11-13H,9-10H2,1H3,(H2,26,29). The zero-order valence-electron chi connectivity index (χ0n) is 17.9. The van der Waals surface area contributed by atoms with Crippen LogP contribution in [0.5, 0.6) is 5.75 Å². The van der Waals surface area contributed by atoms with Gasteiger partial charge in [-0.2, -0.15) is 12.8 Å². The van der Waals surface area contributed by atoms with E-state index >= 15 is 0 Å². The number of hydrogen-bond donors (Lipinski definition) is 1. The average Bonchev–Trinajstić information content (AvgIpc) is 3.38. The van der Waals surface area contributed by atoms with Crippen LogP contribution in [0.4, 0.5) is 4.39 Å². The van der Waals surface area contributed by atoms with Gasteiger partial charge in [-0.15, -0.1) is 0 Å². The lowest BCUT2D eigenvalue weighted by Gasteiger charge is -2.29.